The monoisotopic (exact) mass is 393 g/mol. The van der Waals surface area contributed by atoms with E-state index in [1.165, 1.54) is 5.56 Å². The molecule has 6 heteroatoms. The first kappa shape index (κ1) is 20.6. The van der Waals surface area contributed by atoms with E-state index in [-0.39, 0.29) is 5.91 Å². The molecular weight excluding hydrogens is 366 g/mol. The van der Waals surface area contributed by atoms with E-state index in [4.69, 9.17) is 9.26 Å². The highest BCUT2D eigenvalue weighted by Gasteiger charge is 2.10. The van der Waals surface area contributed by atoms with Crippen LogP contribution in [-0.2, 0) is 17.6 Å². The van der Waals surface area contributed by atoms with Gasteiger partial charge in [-0.25, -0.2) is 0 Å². The molecule has 3 aromatic rings. The number of amides is 1. The topological polar surface area (TPSA) is 77.2 Å². The van der Waals surface area contributed by atoms with Crippen LogP contribution < -0.4 is 10.1 Å². The summed E-state index contributed by atoms with van der Waals surface area (Å²) in [5, 5.41) is 6.90. The van der Waals surface area contributed by atoms with Crippen LogP contribution in [0.15, 0.2) is 53.1 Å². The second-order valence-corrected chi connectivity index (χ2v) is 6.93. The smallest absolute Gasteiger partial charge is 0.227 e. The van der Waals surface area contributed by atoms with Gasteiger partial charge in [-0.05, 0) is 43.0 Å². The van der Waals surface area contributed by atoms with E-state index in [0.29, 0.717) is 37.7 Å². The Morgan fingerprint density at radius 3 is 2.76 bits per heavy atom. The number of rotatable bonds is 10. The van der Waals surface area contributed by atoms with Crippen LogP contribution in [0.5, 0.6) is 5.75 Å². The second kappa shape index (κ2) is 10.4. The summed E-state index contributed by atoms with van der Waals surface area (Å²) < 4.78 is 10.9. The summed E-state index contributed by atoms with van der Waals surface area (Å²) in [5.74, 6) is 1.84. The predicted octanol–water partition coefficient (Wildman–Crippen LogP) is 4.13. The van der Waals surface area contributed by atoms with Gasteiger partial charge in [-0.3, -0.25) is 4.79 Å². The van der Waals surface area contributed by atoms with Crippen LogP contribution in [0, 0.1) is 6.92 Å². The lowest BCUT2D eigenvalue weighted by atomic mass is 10.1. The third-order valence-corrected chi connectivity index (χ3v) is 4.56. The van der Waals surface area contributed by atoms with Gasteiger partial charge >= 0.3 is 0 Å². The summed E-state index contributed by atoms with van der Waals surface area (Å²) in [4.78, 5) is 16.4. The first-order chi connectivity index (χ1) is 14.1. The van der Waals surface area contributed by atoms with Crippen molar-refractivity contribution in [3.63, 3.8) is 0 Å². The zero-order valence-corrected chi connectivity index (χ0v) is 17.0. The lowest BCUT2D eigenvalue weighted by molar-refractivity contribution is -0.121. The van der Waals surface area contributed by atoms with Crippen LogP contribution in [0.3, 0.4) is 0 Å². The number of aromatic nitrogens is 2. The number of hydrogen-bond donors (Lipinski definition) is 1. The zero-order chi connectivity index (χ0) is 20.5. The van der Waals surface area contributed by atoms with E-state index in [9.17, 15) is 4.79 Å². The molecule has 0 radical (unpaired) electrons. The maximum Gasteiger partial charge on any atom is 0.227 e. The van der Waals surface area contributed by atoms with E-state index < -0.39 is 0 Å². The minimum Gasteiger partial charge on any atom is -0.494 e. The maximum atomic E-state index is 12.0. The number of nitrogens with one attached hydrogen (secondary N) is 1. The van der Waals surface area contributed by atoms with E-state index in [0.717, 1.165) is 29.7 Å². The molecule has 29 heavy (non-hydrogen) atoms. The predicted molar refractivity (Wildman–Crippen MR) is 112 cm³/mol. The van der Waals surface area contributed by atoms with Crippen LogP contribution >= 0.6 is 0 Å². The molecule has 0 unspecified atom stereocenters. The molecule has 6 nitrogen and oxygen atoms in total. The molecule has 3 rings (SSSR count). The SMILES string of the molecule is CCc1ccc(-c2noc(CCC(=O)NCCCOc3cccc(C)c3)n2)cc1. The largest absolute Gasteiger partial charge is 0.494 e. The van der Waals surface area contributed by atoms with Crippen molar-refractivity contribution in [3.05, 3.63) is 65.5 Å². The fourth-order valence-electron chi connectivity index (χ4n) is 2.87. The van der Waals surface area contributed by atoms with E-state index in [1.54, 1.807) is 0 Å². The van der Waals surface area contributed by atoms with Gasteiger partial charge in [0.25, 0.3) is 0 Å². The van der Waals surface area contributed by atoms with Gasteiger partial charge in [-0.1, -0.05) is 48.5 Å². The molecule has 152 valence electrons. The van der Waals surface area contributed by atoms with E-state index in [2.05, 4.69) is 34.5 Å². The number of carbonyl (C=O) groups is 1. The molecule has 0 aliphatic heterocycles. The van der Waals surface area contributed by atoms with Crippen molar-refractivity contribution in [3.8, 4) is 17.1 Å². The Kier molecular flexibility index (Phi) is 7.39. The summed E-state index contributed by atoms with van der Waals surface area (Å²) in [6, 6.07) is 16.0. The molecule has 1 amide bonds. The number of ether oxygens (including phenoxy) is 1. The Hall–Kier alpha value is -3.15. The Balaban J connectivity index is 1.34. The number of nitrogens with zero attached hydrogens (tertiary/aromatic N) is 2. The molecule has 1 aromatic heterocycles. The lowest BCUT2D eigenvalue weighted by Gasteiger charge is -2.07. The second-order valence-electron chi connectivity index (χ2n) is 6.93. The van der Waals surface area contributed by atoms with Crippen molar-refractivity contribution in [2.75, 3.05) is 13.2 Å². The van der Waals surface area contributed by atoms with Gasteiger partial charge in [-0.15, -0.1) is 0 Å². The molecule has 0 saturated carbocycles. The van der Waals surface area contributed by atoms with Crippen molar-refractivity contribution in [1.82, 2.24) is 15.5 Å². The number of benzene rings is 2. The molecule has 0 spiro atoms. The molecule has 0 atom stereocenters. The van der Waals surface area contributed by atoms with E-state index >= 15 is 0 Å². The lowest BCUT2D eigenvalue weighted by Crippen LogP contribution is -2.25. The maximum absolute atomic E-state index is 12.0. The van der Waals surface area contributed by atoms with Gasteiger partial charge in [0.2, 0.25) is 17.6 Å². The van der Waals surface area contributed by atoms with Gasteiger partial charge in [0.05, 0.1) is 6.61 Å². The standard InChI is InChI=1S/C23H27N3O3/c1-3-18-8-10-19(11-9-18)23-25-22(29-26-23)13-12-21(27)24-14-5-15-28-20-7-4-6-17(2)16-20/h4,6-11,16H,3,5,12-15H2,1-2H3,(H,24,27). The quantitative estimate of drug-likeness (QED) is 0.524. The first-order valence-corrected chi connectivity index (χ1v) is 10.0. The van der Waals surface area contributed by atoms with Gasteiger partial charge in [0.1, 0.15) is 5.75 Å². The molecule has 1 N–H and O–H groups in total. The Bertz CT molecular complexity index is 919. The third kappa shape index (κ3) is 6.45. The van der Waals surface area contributed by atoms with Crippen LogP contribution in [0.1, 0.15) is 36.8 Å². The highest BCUT2D eigenvalue weighted by Crippen LogP contribution is 2.17. The molecule has 0 aliphatic rings. The molecule has 0 aliphatic carbocycles. The normalized spacial score (nSPS) is 10.7. The van der Waals surface area contributed by atoms with Gasteiger partial charge in [-0.2, -0.15) is 4.98 Å². The van der Waals surface area contributed by atoms with Crippen molar-refractivity contribution in [2.24, 2.45) is 0 Å². The van der Waals surface area contributed by atoms with Gasteiger partial charge in [0, 0.05) is 24.9 Å². The Labute approximate surface area is 171 Å². The van der Waals surface area contributed by atoms with Crippen LogP contribution in [0.2, 0.25) is 0 Å². The Morgan fingerprint density at radius 2 is 2.00 bits per heavy atom. The van der Waals surface area contributed by atoms with Crippen LogP contribution in [0.25, 0.3) is 11.4 Å². The molecule has 0 bridgehead atoms. The summed E-state index contributed by atoms with van der Waals surface area (Å²) in [7, 11) is 0. The minimum atomic E-state index is -0.0346. The van der Waals surface area contributed by atoms with Crippen LogP contribution in [-0.4, -0.2) is 29.2 Å². The third-order valence-electron chi connectivity index (χ3n) is 4.56. The minimum absolute atomic E-state index is 0.0346. The summed E-state index contributed by atoms with van der Waals surface area (Å²) in [6.45, 7) is 5.28. The first-order valence-electron chi connectivity index (χ1n) is 10.0. The summed E-state index contributed by atoms with van der Waals surface area (Å²) in [5.41, 5.74) is 3.34. The average molecular weight is 393 g/mol. The highest BCUT2D eigenvalue weighted by atomic mass is 16.5. The molecular formula is C23H27N3O3. The molecule has 1 heterocycles. The Morgan fingerprint density at radius 1 is 1.17 bits per heavy atom. The highest BCUT2D eigenvalue weighted by molar-refractivity contribution is 5.76. The van der Waals surface area contributed by atoms with Crippen molar-refractivity contribution >= 4 is 5.91 Å². The van der Waals surface area contributed by atoms with Crippen molar-refractivity contribution < 1.29 is 14.1 Å². The number of hydrogen-bond acceptors (Lipinski definition) is 5. The number of aryl methyl sites for hydroxylation is 3. The van der Waals surface area contributed by atoms with Gasteiger partial charge in [0.15, 0.2) is 0 Å². The van der Waals surface area contributed by atoms with Gasteiger partial charge < -0.3 is 14.6 Å². The molecule has 0 fully saturated rings. The number of carbonyl (C=O) groups excluding carboxylic acids is 1. The van der Waals surface area contributed by atoms with E-state index in [1.807, 2.05) is 43.3 Å². The molecule has 0 saturated heterocycles. The average Bonchev–Trinajstić information content (AvgIpc) is 3.21. The zero-order valence-electron chi connectivity index (χ0n) is 17.0. The van der Waals surface area contributed by atoms with Crippen molar-refractivity contribution in [2.45, 2.75) is 39.5 Å². The summed E-state index contributed by atoms with van der Waals surface area (Å²) >= 11 is 0. The fraction of sp³-hybridized carbons (Fsp3) is 0.348. The fourth-order valence-corrected chi connectivity index (χ4v) is 2.87. The molecule has 2 aromatic carbocycles. The van der Waals surface area contributed by atoms with Crippen molar-refractivity contribution in [1.29, 1.82) is 0 Å². The van der Waals surface area contributed by atoms with Crippen LogP contribution in [0.4, 0.5) is 0 Å². The summed E-state index contributed by atoms with van der Waals surface area (Å²) in [6.07, 6.45) is 2.48.